The Kier molecular flexibility index (Phi) is 5.55. The standard InChI is InChI=1S/C10H13BrO2S/c11-9-2-3-10(8(6-9)7-13)14-5-1-4-12/h2-3,6,12-13H,1,4-5,7H2. The molecule has 0 saturated carbocycles. The lowest BCUT2D eigenvalue weighted by molar-refractivity contribution is 0.279. The Morgan fingerprint density at radius 1 is 1.29 bits per heavy atom. The first-order valence-electron chi connectivity index (χ1n) is 4.41. The molecule has 78 valence electrons. The maximum absolute atomic E-state index is 9.12. The van der Waals surface area contributed by atoms with Crippen LogP contribution in [0.15, 0.2) is 27.6 Å². The smallest absolute Gasteiger partial charge is 0.0693 e. The van der Waals surface area contributed by atoms with Gasteiger partial charge in [0.1, 0.15) is 0 Å². The number of hydrogen-bond donors (Lipinski definition) is 2. The highest BCUT2D eigenvalue weighted by molar-refractivity contribution is 9.10. The van der Waals surface area contributed by atoms with E-state index in [1.807, 2.05) is 18.2 Å². The fraction of sp³-hybridized carbons (Fsp3) is 0.400. The number of halogens is 1. The Morgan fingerprint density at radius 3 is 2.71 bits per heavy atom. The van der Waals surface area contributed by atoms with Gasteiger partial charge >= 0.3 is 0 Å². The van der Waals surface area contributed by atoms with Gasteiger partial charge in [-0.25, -0.2) is 0 Å². The molecular weight excluding hydrogens is 264 g/mol. The van der Waals surface area contributed by atoms with Crippen LogP contribution in [0.25, 0.3) is 0 Å². The maximum Gasteiger partial charge on any atom is 0.0693 e. The van der Waals surface area contributed by atoms with Crippen molar-refractivity contribution < 1.29 is 10.2 Å². The normalized spacial score (nSPS) is 10.5. The summed E-state index contributed by atoms with van der Waals surface area (Å²) >= 11 is 5.02. The number of rotatable bonds is 5. The van der Waals surface area contributed by atoms with E-state index in [1.54, 1.807) is 11.8 Å². The van der Waals surface area contributed by atoms with Crippen LogP contribution >= 0.6 is 27.7 Å². The predicted octanol–water partition coefficient (Wildman–Crippen LogP) is 2.42. The number of aliphatic hydroxyl groups excluding tert-OH is 2. The average molecular weight is 277 g/mol. The molecule has 0 aromatic heterocycles. The molecule has 2 N–H and O–H groups in total. The highest BCUT2D eigenvalue weighted by Gasteiger charge is 2.02. The zero-order chi connectivity index (χ0) is 10.4. The lowest BCUT2D eigenvalue weighted by atomic mass is 10.2. The number of thioether (sulfide) groups is 1. The molecule has 1 aromatic rings. The van der Waals surface area contributed by atoms with Gasteiger partial charge in [-0.1, -0.05) is 15.9 Å². The molecule has 0 radical (unpaired) electrons. The summed E-state index contributed by atoms with van der Waals surface area (Å²) in [6.07, 6.45) is 0.783. The van der Waals surface area contributed by atoms with Gasteiger partial charge in [0.05, 0.1) is 6.61 Å². The zero-order valence-corrected chi connectivity index (χ0v) is 10.1. The quantitative estimate of drug-likeness (QED) is 0.641. The lowest BCUT2D eigenvalue weighted by Gasteiger charge is -2.06. The van der Waals surface area contributed by atoms with Crippen LogP contribution in [-0.4, -0.2) is 22.6 Å². The Hall–Kier alpha value is -0.0300. The van der Waals surface area contributed by atoms with E-state index < -0.39 is 0 Å². The topological polar surface area (TPSA) is 40.5 Å². The SMILES string of the molecule is OCCCSc1ccc(Br)cc1CO. The van der Waals surface area contributed by atoms with Crippen molar-refractivity contribution >= 4 is 27.7 Å². The van der Waals surface area contributed by atoms with Crippen molar-refractivity contribution in [2.45, 2.75) is 17.9 Å². The van der Waals surface area contributed by atoms with Gasteiger partial charge < -0.3 is 10.2 Å². The number of aliphatic hydroxyl groups is 2. The van der Waals surface area contributed by atoms with Crippen molar-refractivity contribution in [2.24, 2.45) is 0 Å². The molecule has 2 nitrogen and oxygen atoms in total. The van der Waals surface area contributed by atoms with E-state index in [9.17, 15) is 0 Å². The summed E-state index contributed by atoms with van der Waals surface area (Å²) in [5, 5.41) is 17.8. The molecule has 1 rings (SSSR count). The molecule has 0 aliphatic carbocycles. The lowest BCUT2D eigenvalue weighted by Crippen LogP contribution is -1.90. The van der Waals surface area contributed by atoms with E-state index in [2.05, 4.69) is 15.9 Å². The minimum Gasteiger partial charge on any atom is -0.396 e. The Balaban J connectivity index is 2.65. The fourth-order valence-electron chi connectivity index (χ4n) is 1.06. The molecule has 1 aromatic carbocycles. The second-order valence-corrected chi connectivity index (χ2v) is 4.89. The molecule has 4 heteroatoms. The first-order chi connectivity index (χ1) is 6.77. The molecule has 0 unspecified atom stereocenters. The fourth-order valence-corrected chi connectivity index (χ4v) is 2.43. The minimum atomic E-state index is 0.0564. The van der Waals surface area contributed by atoms with Gasteiger partial charge in [0.25, 0.3) is 0 Å². The van der Waals surface area contributed by atoms with Crippen LogP contribution in [0.1, 0.15) is 12.0 Å². The second-order valence-electron chi connectivity index (χ2n) is 2.84. The summed E-state index contributed by atoms with van der Waals surface area (Å²) in [4.78, 5) is 1.09. The van der Waals surface area contributed by atoms with Crippen molar-refractivity contribution in [1.29, 1.82) is 0 Å². The van der Waals surface area contributed by atoms with Crippen LogP contribution in [0.5, 0.6) is 0 Å². The van der Waals surface area contributed by atoms with Gasteiger partial charge in [-0.05, 0) is 30.2 Å². The van der Waals surface area contributed by atoms with Gasteiger partial charge in [0.2, 0.25) is 0 Å². The van der Waals surface area contributed by atoms with Crippen LogP contribution in [-0.2, 0) is 6.61 Å². The molecule has 0 heterocycles. The van der Waals surface area contributed by atoms with Crippen molar-refractivity contribution in [1.82, 2.24) is 0 Å². The third-order valence-electron chi connectivity index (χ3n) is 1.75. The van der Waals surface area contributed by atoms with Gasteiger partial charge in [0.15, 0.2) is 0 Å². The summed E-state index contributed by atoms with van der Waals surface area (Å²) in [5.74, 6) is 0.880. The average Bonchev–Trinajstić information content (AvgIpc) is 2.20. The second kappa shape index (κ2) is 6.45. The molecule has 0 fully saturated rings. The summed E-state index contributed by atoms with van der Waals surface area (Å²) in [6.45, 7) is 0.277. The van der Waals surface area contributed by atoms with E-state index in [4.69, 9.17) is 10.2 Å². The summed E-state index contributed by atoms with van der Waals surface area (Å²) < 4.78 is 0.980. The first kappa shape index (κ1) is 12.0. The number of benzene rings is 1. The summed E-state index contributed by atoms with van der Waals surface area (Å²) in [6, 6.07) is 5.86. The van der Waals surface area contributed by atoms with Crippen LogP contribution in [0.3, 0.4) is 0 Å². The molecule has 0 aliphatic heterocycles. The van der Waals surface area contributed by atoms with Crippen molar-refractivity contribution in [3.05, 3.63) is 28.2 Å². The van der Waals surface area contributed by atoms with E-state index in [0.29, 0.717) is 0 Å². The minimum absolute atomic E-state index is 0.0564. The maximum atomic E-state index is 9.12. The van der Waals surface area contributed by atoms with Gasteiger partial charge in [0, 0.05) is 21.7 Å². The highest BCUT2D eigenvalue weighted by Crippen LogP contribution is 2.26. The van der Waals surface area contributed by atoms with Crippen LogP contribution < -0.4 is 0 Å². The molecule has 0 spiro atoms. The van der Waals surface area contributed by atoms with Crippen LogP contribution in [0.2, 0.25) is 0 Å². The van der Waals surface area contributed by atoms with Crippen molar-refractivity contribution in [3.8, 4) is 0 Å². The van der Waals surface area contributed by atoms with Gasteiger partial charge in [-0.3, -0.25) is 0 Å². The van der Waals surface area contributed by atoms with E-state index >= 15 is 0 Å². The molecular formula is C10H13BrO2S. The molecule has 14 heavy (non-hydrogen) atoms. The summed E-state index contributed by atoms with van der Waals surface area (Å²) in [5.41, 5.74) is 0.933. The highest BCUT2D eigenvalue weighted by atomic mass is 79.9. The van der Waals surface area contributed by atoms with Gasteiger partial charge in [-0.15, -0.1) is 11.8 Å². The Bertz CT molecular complexity index is 291. The molecule has 0 amide bonds. The monoisotopic (exact) mass is 276 g/mol. The number of hydrogen-bond acceptors (Lipinski definition) is 3. The largest absolute Gasteiger partial charge is 0.396 e. The third kappa shape index (κ3) is 3.61. The molecule has 0 atom stereocenters. The van der Waals surface area contributed by atoms with Gasteiger partial charge in [-0.2, -0.15) is 0 Å². The third-order valence-corrected chi connectivity index (χ3v) is 3.45. The van der Waals surface area contributed by atoms with Crippen LogP contribution in [0.4, 0.5) is 0 Å². The molecule has 0 saturated heterocycles. The Morgan fingerprint density at radius 2 is 2.07 bits per heavy atom. The predicted molar refractivity (Wildman–Crippen MR) is 62.5 cm³/mol. The first-order valence-corrected chi connectivity index (χ1v) is 6.18. The Labute approximate surface area is 96.5 Å². The van der Waals surface area contributed by atoms with Crippen molar-refractivity contribution in [2.75, 3.05) is 12.4 Å². The molecule has 0 aliphatic rings. The van der Waals surface area contributed by atoms with E-state index in [0.717, 1.165) is 27.1 Å². The van der Waals surface area contributed by atoms with E-state index in [-0.39, 0.29) is 13.2 Å². The van der Waals surface area contributed by atoms with Crippen LogP contribution in [0, 0.1) is 0 Å². The van der Waals surface area contributed by atoms with E-state index in [1.165, 1.54) is 0 Å². The zero-order valence-electron chi connectivity index (χ0n) is 7.74. The summed E-state index contributed by atoms with van der Waals surface area (Å²) in [7, 11) is 0. The van der Waals surface area contributed by atoms with Crippen molar-refractivity contribution in [3.63, 3.8) is 0 Å². The molecule has 0 bridgehead atoms.